The van der Waals surface area contributed by atoms with Crippen molar-refractivity contribution in [1.29, 1.82) is 0 Å². The monoisotopic (exact) mass is 290 g/mol. The topological polar surface area (TPSA) is 55.6 Å². The molecule has 4 nitrogen and oxygen atoms in total. The highest BCUT2D eigenvalue weighted by molar-refractivity contribution is 5.81. The number of likely N-dealkylation sites (tertiary alicyclic amines) is 1. The van der Waals surface area contributed by atoms with Crippen LogP contribution in [-0.2, 0) is 16.0 Å². The molecule has 1 heterocycles. The minimum Gasteiger partial charge on any atom is -0.378 e. The van der Waals surface area contributed by atoms with Crippen LogP contribution in [0.25, 0.3) is 0 Å². The molecule has 4 heteroatoms. The molecule has 1 saturated heterocycles. The molecule has 1 aliphatic rings. The summed E-state index contributed by atoms with van der Waals surface area (Å²) in [7, 11) is 0. The van der Waals surface area contributed by atoms with E-state index in [0.29, 0.717) is 12.5 Å². The van der Waals surface area contributed by atoms with Crippen molar-refractivity contribution < 1.29 is 9.53 Å². The second-order valence-corrected chi connectivity index (χ2v) is 5.61. The van der Waals surface area contributed by atoms with Gasteiger partial charge >= 0.3 is 0 Å². The largest absolute Gasteiger partial charge is 0.378 e. The zero-order chi connectivity index (χ0) is 15.1. The van der Waals surface area contributed by atoms with Gasteiger partial charge in [-0.1, -0.05) is 30.3 Å². The Morgan fingerprint density at radius 2 is 2.00 bits per heavy atom. The number of amides is 1. The van der Waals surface area contributed by atoms with Crippen LogP contribution in [0.4, 0.5) is 0 Å². The van der Waals surface area contributed by atoms with E-state index in [1.54, 1.807) is 0 Å². The molecule has 1 unspecified atom stereocenters. The van der Waals surface area contributed by atoms with E-state index in [-0.39, 0.29) is 5.91 Å². The van der Waals surface area contributed by atoms with Gasteiger partial charge in [-0.3, -0.25) is 4.79 Å². The summed E-state index contributed by atoms with van der Waals surface area (Å²) in [5, 5.41) is 0. The minimum atomic E-state index is -0.395. The highest BCUT2D eigenvalue weighted by Gasteiger charge is 2.26. The van der Waals surface area contributed by atoms with Crippen molar-refractivity contribution in [2.45, 2.75) is 44.8 Å². The highest BCUT2D eigenvalue weighted by atomic mass is 16.5. The number of aryl methyl sites for hydroxylation is 1. The molecule has 21 heavy (non-hydrogen) atoms. The number of carbonyl (C=O) groups excluding carboxylic acids is 1. The molecule has 1 aromatic carbocycles. The van der Waals surface area contributed by atoms with Crippen LogP contribution in [-0.4, -0.2) is 42.6 Å². The van der Waals surface area contributed by atoms with Crippen LogP contribution in [0.2, 0.25) is 0 Å². The first kappa shape index (κ1) is 16.0. The lowest BCUT2D eigenvalue weighted by Crippen LogP contribution is -2.48. The number of nitrogens with zero attached hydrogens (tertiary/aromatic N) is 1. The van der Waals surface area contributed by atoms with Gasteiger partial charge in [0.25, 0.3) is 0 Å². The third-order valence-corrected chi connectivity index (χ3v) is 4.06. The quantitative estimate of drug-likeness (QED) is 0.871. The van der Waals surface area contributed by atoms with E-state index in [2.05, 4.69) is 12.1 Å². The van der Waals surface area contributed by atoms with E-state index in [4.69, 9.17) is 10.5 Å². The number of carbonyl (C=O) groups is 1. The zero-order valence-electron chi connectivity index (χ0n) is 12.8. The molecule has 0 aromatic heterocycles. The van der Waals surface area contributed by atoms with E-state index in [1.807, 2.05) is 30.0 Å². The van der Waals surface area contributed by atoms with Crippen molar-refractivity contribution in [3.05, 3.63) is 35.9 Å². The summed E-state index contributed by atoms with van der Waals surface area (Å²) in [6, 6.07) is 9.78. The summed E-state index contributed by atoms with van der Waals surface area (Å²) >= 11 is 0. The Balaban J connectivity index is 1.75. The van der Waals surface area contributed by atoms with Gasteiger partial charge in [0.15, 0.2) is 0 Å². The summed E-state index contributed by atoms with van der Waals surface area (Å²) in [5.41, 5.74) is 7.30. The van der Waals surface area contributed by atoms with Gasteiger partial charge in [-0.2, -0.15) is 0 Å². The summed E-state index contributed by atoms with van der Waals surface area (Å²) in [4.78, 5) is 14.2. The van der Waals surface area contributed by atoms with Crippen molar-refractivity contribution in [1.82, 2.24) is 4.90 Å². The molecule has 2 N–H and O–H groups in total. The maximum atomic E-state index is 12.3. The number of piperidine rings is 1. The summed E-state index contributed by atoms with van der Waals surface area (Å²) in [6.45, 7) is 4.29. The summed E-state index contributed by atoms with van der Waals surface area (Å²) in [5.74, 6) is 0.0841. The van der Waals surface area contributed by atoms with Gasteiger partial charge in [-0.15, -0.1) is 0 Å². The first-order valence-electron chi connectivity index (χ1n) is 7.90. The normalized spacial score (nSPS) is 17.7. The smallest absolute Gasteiger partial charge is 0.239 e. The maximum absolute atomic E-state index is 12.3. The number of benzene rings is 1. The number of nitrogens with two attached hydrogens (primary N) is 1. The van der Waals surface area contributed by atoms with Crippen LogP contribution in [0.1, 0.15) is 31.7 Å². The molecule has 0 radical (unpaired) electrons. The van der Waals surface area contributed by atoms with Gasteiger partial charge in [0.2, 0.25) is 5.91 Å². The van der Waals surface area contributed by atoms with E-state index in [1.165, 1.54) is 5.56 Å². The molecule has 1 fully saturated rings. The molecular weight excluding hydrogens is 264 g/mol. The first-order valence-corrected chi connectivity index (χ1v) is 7.90. The number of hydrogen-bond donors (Lipinski definition) is 1. The minimum absolute atomic E-state index is 0.0841. The Hall–Kier alpha value is -1.39. The molecule has 0 bridgehead atoms. The van der Waals surface area contributed by atoms with Gasteiger partial charge in [-0.05, 0) is 38.2 Å². The predicted octanol–water partition coefficient (Wildman–Crippen LogP) is 1.97. The van der Waals surface area contributed by atoms with Crippen LogP contribution >= 0.6 is 0 Å². The van der Waals surface area contributed by atoms with Crippen molar-refractivity contribution >= 4 is 5.91 Å². The SMILES string of the molecule is CCOC1CCN(C(=O)C(N)CCc2ccccc2)CC1. The van der Waals surface area contributed by atoms with E-state index < -0.39 is 6.04 Å². The molecule has 1 aliphatic heterocycles. The third-order valence-electron chi connectivity index (χ3n) is 4.06. The van der Waals surface area contributed by atoms with Crippen molar-refractivity contribution in [3.63, 3.8) is 0 Å². The van der Waals surface area contributed by atoms with Crippen molar-refractivity contribution in [2.24, 2.45) is 5.73 Å². The molecule has 1 amide bonds. The third kappa shape index (κ3) is 4.83. The van der Waals surface area contributed by atoms with E-state index in [9.17, 15) is 4.79 Å². The first-order chi connectivity index (χ1) is 10.2. The molecule has 116 valence electrons. The fourth-order valence-corrected chi connectivity index (χ4v) is 2.80. The van der Waals surface area contributed by atoms with Crippen LogP contribution in [0, 0.1) is 0 Å². The maximum Gasteiger partial charge on any atom is 0.239 e. The predicted molar refractivity (Wildman–Crippen MR) is 84.0 cm³/mol. The van der Waals surface area contributed by atoms with Gasteiger partial charge < -0.3 is 15.4 Å². The van der Waals surface area contributed by atoms with Gasteiger partial charge in [0.05, 0.1) is 12.1 Å². The van der Waals surface area contributed by atoms with Gasteiger partial charge in [0, 0.05) is 19.7 Å². The lowest BCUT2D eigenvalue weighted by Gasteiger charge is -2.33. The second-order valence-electron chi connectivity index (χ2n) is 5.61. The Morgan fingerprint density at radius 1 is 1.33 bits per heavy atom. The highest BCUT2D eigenvalue weighted by Crippen LogP contribution is 2.15. The number of rotatable bonds is 6. The Bertz CT molecular complexity index is 428. The lowest BCUT2D eigenvalue weighted by molar-refractivity contribution is -0.135. The Kier molecular flexibility index (Phi) is 6.21. The molecule has 0 aliphatic carbocycles. The molecule has 1 aromatic rings. The van der Waals surface area contributed by atoms with E-state index >= 15 is 0 Å². The molecule has 2 rings (SSSR count). The van der Waals surface area contributed by atoms with Gasteiger partial charge in [-0.25, -0.2) is 0 Å². The zero-order valence-corrected chi connectivity index (χ0v) is 12.8. The Morgan fingerprint density at radius 3 is 2.62 bits per heavy atom. The second kappa shape index (κ2) is 8.15. The standard InChI is InChI=1S/C17H26N2O2/c1-2-21-15-10-12-19(13-11-15)17(20)16(18)9-8-14-6-4-3-5-7-14/h3-7,15-16H,2,8-13,18H2,1H3. The molecular formula is C17H26N2O2. The molecule has 0 saturated carbocycles. The lowest BCUT2D eigenvalue weighted by atomic mass is 10.0. The van der Waals surface area contributed by atoms with Crippen LogP contribution < -0.4 is 5.73 Å². The van der Waals surface area contributed by atoms with Crippen molar-refractivity contribution in [2.75, 3.05) is 19.7 Å². The molecule has 0 spiro atoms. The van der Waals surface area contributed by atoms with Gasteiger partial charge in [0.1, 0.15) is 0 Å². The fraction of sp³-hybridized carbons (Fsp3) is 0.588. The van der Waals surface area contributed by atoms with E-state index in [0.717, 1.165) is 39.0 Å². The number of hydrogen-bond acceptors (Lipinski definition) is 3. The molecule has 1 atom stereocenters. The van der Waals surface area contributed by atoms with Crippen molar-refractivity contribution in [3.8, 4) is 0 Å². The average molecular weight is 290 g/mol. The Labute approximate surface area is 127 Å². The van der Waals surface area contributed by atoms with Crippen LogP contribution in [0.3, 0.4) is 0 Å². The van der Waals surface area contributed by atoms with Crippen LogP contribution in [0.15, 0.2) is 30.3 Å². The average Bonchev–Trinajstić information content (AvgIpc) is 2.54. The summed E-state index contributed by atoms with van der Waals surface area (Å²) < 4.78 is 5.61. The fourth-order valence-electron chi connectivity index (χ4n) is 2.80. The number of ether oxygens (including phenoxy) is 1. The van der Waals surface area contributed by atoms with Crippen LogP contribution in [0.5, 0.6) is 0 Å². The summed E-state index contributed by atoms with van der Waals surface area (Å²) in [6.07, 6.45) is 3.70.